The van der Waals surface area contributed by atoms with Gasteiger partial charge in [0.05, 0.1) is 10.9 Å². The molecule has 98 valence electrons. The largest absolute Gasteiger partial charge is 0.450 e. The maximum absolute atomic E-state index is 11.7. The maximum atomic E-state index is 11.7. The van der Waals surface area contributed by atoms with E-state index >= 15 is 0 Å². The fraction of sp³-hybridized carbons (Fsp3) is 0.615. The van der Waals surface area contributed by atoms with Gasteiger partial charge >= 0.3 is 6.09 Å². The van der Waals surface area contributed by atoms with Crippen LogP contribution in [0.25, 0.3) is 0 Å². The minimum atomic E-state index is -0.173. The highest BCUT2D eigenvalue weighted by molar-refractivity contribution is 7.16. The van der Waals surface area contributed by atoms with Crippen LogP contribution in [0.3, 0.4) is 0 Å². The van der Waals surface area contributed by atoms with Gasteiger partial charge in [-0.05, 0) is 37.3 Å². The van der Waals surface area contributed by atoms with Crippen LogP contribution < -0.4 is 0 Å². The standard InChI is InChI=1S/C13H16ClNO2S/c1-3-17-13(16)15-5-8-4-9-7(2)12(14)18-11(9)10(8)6-15/h8,10H,3-6H2,1-2H3. The van der Waals surface area contributed by atoms with Crippen molar-refractivity contribution in [3.05, 3.63) is 20.3 Å². The van der Waals surface area contributed by atoms with E-state index in [1.165, 1.54) is 16.0 Å². The van der Waals surface area contributed by atoms with Gasteiger partial charge in [0.1, 0.15) is 0 Å². The van der Waals surface area contributed by atoms with Crippen molar-refractivity contribution in [3.8, 4) is 0 Å². The molecule has 1 fully saturated rings. The second-order valence-corrected chi connectivity index (χ2v) is 6.67. The van der Waals surface area contributed by atoms with E-state index in [-0.39, 0.29) is 6.09 Å². The third-order valence-corrected chi connectivity index (χ3v) is 5.78. The van der Waals surface area contributed by atoms with E-state index in [0.717, 1.165) is 23.8 Å². The highest BCUT2D eigenvalue weighted by Gasteiger charge is 2.44. The van der Waals surface area contributed by atoms with E-state index in [0.29, 0.717) is 18.4 Å². The van der Waals surface area contributed by atoms with Gasteiger partial charge in [0, 0.05) is 23.9 Å². The SMILES string of the molecule is CCOC(=O)N1CC2Cc3c(sc(Cl)c3C)C2C1. The molecule has 3 rings (SSSR count). The number of fused-ring (bicyclic) bond motifs is 3. The molecule has 1 aliphatic heterocycles. The molecule has 0 radical (unpaired) electrons. The summed E-state index contributed by atoms with van der Waals surface area (Å²) in [6.45, 7) is 5.99. The Labute approximate surface area is 116 Å². The first kappa shape index (κ1) is 12.3. The highest BCUT2D eigenvalue weighted by atomic mass is 35.5. The quantitative estimate of drug-likeness (QED) is 0.791. The molecule has 0 saturated carbocycles. The molecule has 0 N–H and O–H groups in total. The first-order valence-electron chi connectivity index (χ1n) is 6.31. The zero-order chi connectivity index (χ0) is 12.9. The number of carbonyl (C=O) groups is 1. The molecule has 0 spiro atoms. The lowest BCUT2D eigenvalue weighted by Crippen LogP contribution is -2.30. The zero-order valence-corrected chi connectivity index (χ0v) is 12.1. The molecule has 1 saturated heterocycles. The number of rotatable bonds is 1. The summed E-state index contributed by atoms with van der Waals surface area (Å²) in [5.74, 6) is 1.03. The van der Waals surface area contributed by atoms with E-state index in [4.69, 9.17) is 16.3 Å². The molecule has 18 heavy (non-hydrogen) atoms. The summed E-state index contributed by atoms with van der Waals surface area (Å²) in [4.78, 5) is 15.0. The number of thiophene rings is 1. The van der Waals surface area contributed by atoms with Crippen molar-refractivity contribution in [1.82, 2.24) is 4.90 Å². The van der Waals surface area contributed by atoms with Gasteiger partial charge in [-0.1, -0.05) is 11.6 Å². The molecule has 0 aromatic carbocycles. The van der Waals surface area contributed by atoms with E-state index in [9.17, 15) is 4.79 Å². The second kappa shape index (κ2) is 4.42. The van der Waals surface area contributed by atoms with E-state index < -0.39 is 0 Å². The van der Waals surface area contributed by atoms with Crippen molar-refractivity contribution in [2.45, 2.75) is 26.2 Å². The number of carbonyl (C=O) groups excluding carboxylic acids is 1. The molecule has 3 nitrogen and oxygen atoms in total. The highest BCUT2D eigenvalue weighted by Crippen LogP contribution is 2.50. The van der Waals surface area contributed by atoms with Crippen LogP contribution in [0.1, 0.15) is 28.8 Å². The lowest BCUT2D eigenvalue weighted by atomic mass is 10.0. The number of amides is 1. The summed E-state index contributed by atoms with van der Waals surface area (Å²) >= 11 is 7.89. The average molecular weight is 286 g/mol. The van der Waals surface area contributed by atoms with Gasteiger partial charge < -0.3 is 9.64 Å². The topological polar surface area (TPSA) is 29.5 Å². The normalized spacial score (nSPS) is 25.2. The van der Waals surface area contributed by atoms with Crippen LogP contribution in [0, 0.1) is 12.8 Å². The lowest BCUT2D eigenvalue weighted by molar-refractivity contribution is 0.114. The van der Waals surface area contributed by atoms with Gasteiger partial charge in [-0.3, -0.25) is 0 Å². The lowest BCUT2D eigenvalue weighted by Gasteiger charge is -2.16. The predicted molar refractivity (Wildman–Crippen MR) is 72.6 cm³/mol. The van der Waals surface area contributed by atoms with Gasteiger partial charge in [-0.2, -0.15) is 0 Å². The van der Waals surface area contributed by atoms with Crippen molar-refractivity contribution in [2.24, 2.45) is 5.92 Å². The molecule has 5 heteroatoms. The van der Waals surface area contributed by atoms with Crippen LogP contribution >= 0.6 is 22.9 Å². The van der Waals surface area contributed by atoms with Crippen LogP contribution in [0.4, 0.5) is 4.79 Å². The number of ether oxygens (including phenoxy) is 1. The summed E-state index contributed by atoms with van der Waals surface area (Å²) < 4.78 is 5.98. The molecule has 1 amide bonds. The van der Waals surface area contributed by atoms with Crippen LogP contribution in [0.2, 0.25) is 4.34 Å². The van der Waals surface area contributed by atoms with Gasteiger partial charge in [0.15, 0.2) is 0 Å². The summed E-state index contributed by atoms with van der Waals surface area (Å²) in [5, 5.41) is 0. The van der Waals surface area contributed by atoms with E-state index in [1.807, 2.05) is 11.8 Å². The van der Waals surface area contributed by atoms with Crippen LogP contribution in [0.15, 0.2) is 0 Å². The molecular formula is C13H16ClNO2S. The van der Waals surface area contributed by atoms with Gasteiger partial charge in [-0.15, -0.1) is 11.3 Å². The zero-order valence-electron chi connectivity index (χ0n) is 10.5. The van der Waals surface area contributed by atoms with E-state index in [2.05, 4.69) is 6.92 Å². The Morgan fingerprint density at radius 1 is 1.56 bits per heavy atom. The third kappa shape index (κ3) is 1.74. The van der Waals surface area contributed by atoms with Crippen LogP contribution in [-0.4, -0.2) is 30.7 Å². The summed E-state index contributed by atoms with van der Waals surface area (Å²) in [6, 6.07) is 0. The van der Waals surface area contributed by atoms with Crippen molar-refractivity contribution in [3.63, 3.8) is 0 Å². The molecule has 1 aromatic heterocycles. The Morgan fingerprint density at radius 2 is 2.33 bits per heavy atom. The predicted octanol–water partition coefficient (Wildman–Crippen LogP) is 3.44. The first-order chi connectivity index (χ1) is 8.61. The van der Waals surface area contributed by atoms with Gasteiger partial charge in [0.2, 0.25) is 0 Å². The monoisotopic (exact) mass is 285 g/mol. The van der Waals surface area contributed by atoms with Crippen molar-refractivity contribution in [2.75, 3.05) is 19.7 Å². The van der Waals surface area contributed by atoms with Crippen molar-refractivity contribution < 1.29 is 9.53 Å². The molecule has 0 bridgehead atoms. The van der Waals surface area contributed by atoms with Gasteiger partial charge in [0.25, 0.3) is 0 Å². The molecule has 1 aliphatic carbocycles. The summed E-state index contributed by atoms with van der Waals surface area (Å²) in [7, 11) is 0. The Bertz CT molecular complexity index is 499. The molecule has 2 unspecified atom stereocenters. The van der Waals surface area contributed by atoms with E-state index in [1.54, 1.807) is 11.3 Å². The second-order valence-electron chi connectivity index (χ2n) is 5.02. The minimum absolute atomic E-state index is 0.173. The molecular weight excluding hydrogens is 270 g/mol. The Hall–Kier alpha value is -0.740. The maximum Gasteiger partial charge on any atom is 0.409 e. The number of likely N-dealkylation sites (tertiary alicyclic amines) is 1. The summed E-state index contributed by atoms with van der Waals surface area (Å²) in [5.41, 5.74) is 2.68. The Balaban J connectivity index is 1.80. The number of nitrogens with zero attached hydrogens (tertiary/aromatic N) is 1. The smallest absolute Gasteiger partial charge is 0.409 e. The molecule has 2 aliphatic rings. The number of halogens is 1. The van der Waals surface area contributed by atoms with Crippen LogP contribution in [-0.2, 0) is 11.2 Å². The average Bonchev–Trinajstić information content (AvgIpc) is 2.94. The first-order valence-corrected chi connectivity index (χ1v) is 7.50. The van der Waals surface area contributed by atoms with Crippen LogP contribution in [0.5, 0.6) is 0 Å². The number of hydrogen-bond donors (Lipinski definition) is 0. The summed E-state index contributed by atoms with van der Waals surface area (Å²) in [6.07, 6.45) is 0.887. The van der Waals surface area contributed by atoms with Crippen molar-refractivity contribution >= 4 is 29.0 Å². The molecule has 1 aromatic rings. The Morgan fingerprint density at radius 3 is 3.06 bits per heavy atom. The third-order valence-electron chi connectivity index (χ3n) is 4.01. The molecule has 2 atom stereocenters. The van der Waals surface area contributed by atoms with Gasteiger partial charge in [-0.25, -0.2) is 4.79 Å². The minimum Gasteiger partial charge on any atom is -0.450 e. The Kier molecular flexibility index (Phi) is 3.02. The van der Waals surface area contributed by atoms with Crippen molar-refractivity contribution in [1.29, 1.82) is 0 Å². The fourth-order valence-electron chi connectivity index (χ4n) is 3.09. The fourth-order valence-corrected chi connectivity index (χ4v) is 4.70. The molecule has 2 heterocycles. The number of hydrogen-bond acceptors (Lipinski definition) is 3.